The van der Waals surface area contributed by atoms with Crippen molar-refractivity contribution in [2.24, 2.45) is 5.73 Å². The monoisotopic (exact) mass is 382 g/mol. The molecule has 0 radical (unpaired) electrons. The van der Waals surface area contributed by atoms with Crippen LogP contribution in [0.15, 0.2) is 76.5 Å². The molecule has 4 nitrogen and oxygen atoms in total. The number of primary amides is 1. The summed E-state index contributed by atoms with van der Waals surface area (Å²) in [6.45, 7) is 0. The molecule has 0 saturated heterocycles. The summed E-state index contributed by atoms with van der Waals surface area (Å²) in [7, 11) is 0. The van der Waals surface area contributed by atoms with Gasteiger partial charge >= 0.3 is 0 Å². The van der Waals surface area contributed by atoms with Gasteiger partial charge in [-0.15, -0.1) is 23.5 Å². The maximum Gasteiger partial charge on any atom is 0.234 e. The van der Waals surface area contributed by atoms with Gasteiger partial charge in [0, 0.05) is 9.79 Å². The van der Waals surface area contributed by atoms with E-state index in [1.807, 2.05) is 42.5 Å². The van der Waals surface area contributed by atoms with Crippen LogP contribution in [0.5, 0.6) is 0 Å². The number of anilines is 1. The average molecular weight is 383 g/mol. The Kier molecular flexibility index (Phi) is 6.20. The van der Waals surface area contributed by atoms with Crippen LogP contribution in [0.2, 0.25) is 0 Å². The van der Waals surface area contributed by atoms with Gasteiger partial charge in [-0.25, -0.2) is 0 Å². The van der Waals surface area contributed by atoms with Gasteiger partial charge in [0.15, 0.2) is 0 Å². The number of hydrogen-bond donors (Lipinski definition) is 2. The predicted molar refractivity (Wildman–Crippen MR) is 110 cm³/mol. The van der Waals surface area contributed by atoms with E-state index in [0.717, 1.165) is 15.2 Å². The molecule has 0 unspecified atom stereocenters. The van der Waals surface area contributed by atoms with Crippen LogP contribution in [-0.2, 0) is 9.59 Å². The van der Waals surface area contributed by atoms with E-state index in [1.54, 1.807) is 0 Å². The second kappa shape index (κ2) is 8.78. The molecule has 3 aromatic carbocycles. The highest BCUT2D eigenvalue weighted by Crippen LogP contribution is 2.28. The van der Waals surface area contributed by atoms with E-state index < -0.39 is 0 Å². The molecule has 0 saturated carbocycles. The van der Waals surface area contributed by atoms with Gasteiger partial charge in [0.1, 0.15) is 0 Å². The highest BCUT2D eigenvalue weighted by molar-refractivity contribution is 8.00. The van der Waals surface area contributed by atoms with E-state index >= 15 is 0 Å². The smallest absolute Gasteiger partial charge is 0.234 e. The van der Waals surface area contributed by atoms with Crippen molar-refractivity contribution in [2.75, 3.05) is 16.8 Å². The van der Waals surface area contributed by atoms with E-state index in [2.05, 4.69) is 29.6 Å². The van der Waals surface area contributed by atoms with Gasteiger partial charge in [-0.3, -0.25) is 9.59 Å². The van der Waals surface area contributed by atoms with Crippen LogP contribution >= 0.6 is 23.5 Å². The molecular formula is C20H18N2O2S2. The zero-order valence-electron chi connectivity index (χ0n) is 14.0. The normalized spacial score (nSPS) is 10.6. The Bertz CT molecular complexity index is 944. The van der Waals surface area contributed by atoms with Gasteiger partial charge in [0.05, 0.1) is 17.2 Å². The molecular weight excluding hydrogens is 364 g/mol. The predicted octanol–water partition coefficient (Wildman–Crippen LogP) is 4.15. The Morgan fingerprint density at radius 3 is 2.38 bits per heavy atom. The lowest BCUT2D eigenvalue weighted by Crippen LogP contribution is -2.15. The maximum absolute atomic E-state index is 12.3. The summed E-state index contributed by atoms with van der Waals surface area (Å²) in [5.74, 6) is 0.0181. The van der Waals surface area contributed by atoms with Gasteiger partial charge < -0.3 is 11.1 Å². The number of carbonyl (C=O) groups excluding carboxylic acids is 2. The summed E-state index contributed by atoms with van der Waals surface area (Å²) in [6.07, 6.45) is 0. The van der Waals surface area contributed by atoms with Crippen LogP contribution < -0.4 is 11.1 Å². The van der Waals surface area contributed by atoms with Gasteiger partial charge in [-0.2, -0.15) is 0 Å². The topological polar surface area (TPSA) is 72.2 Å². The quantitative estimate of drug-likeness (QED) is 0.602. The van der Waals surface area contributed by atoms with E-state index in [9.17, 15) is 9.59 Å². The van der Waals surface area contributed by atoms with E-state index in [0.29, 0.717) is 11.4 Å². The van der Waals surface area contributed by atoms with E-state index in [4.69, 9.17) is 5.73 Å². The number of hydrogen-bond acceptors (Lipinski definition) is 4. The van der Waals surface area contributed by atoms with Crippen LogP contribution in [0, 0.1) is 0 Å². The van der Waals surface area contributed by atoms with Crippen molar-refractivity contribution in [3.05, 3.63) is 66.7 Å². The minimum atomic E-state index is -0.386. The largest absolute Gasteiger partial charge is 0.369 e. The SMILES string of the molecule is NC(=O)CSc1ccccc1NC(=O)CSc1ccc2ccccc2c1. The van der Waals surface area contributed by atoms with Crippen LogP contribution in [0.3, 0.4) is 0 Å². The van der Waals surface area contributed by atoms with Crippen molar-refractivity contribution < 1.29 is 9.59 Å². The first-order valence-electron chi connectivity index (χ1n) is 8.03. The molecule has 0 aliphatic rings. The molecule has 2 amide bonds. The number of nitrogens with one attached hydrogen (secondary N) is 1. The van der Waals surface area contributed by atoms with Crippen molar-refractivity contribution in [3.63, 3.8) is 0 Å². The Morgan fingerprint density at radius 1 is 0.846 bits per heavy atom. The van der Waals surface area contributed by atoms with Crippen LogP contribution in [0.4, 0.5) is 5.69 Å². The highest BCUT2D eigenvalue weighted by Gasteiger charge is 2.09. The summed E-state index contributed by atoms with van der Waals surface area (Å²) in [5, 5.41) is 5.25. The molecule has 6 heteroatoms. The van der Waals surface area contributed by atoms with Gasteiger partial charge in [0.25, 0.3) is 0 Å². The molecule has 0 atom stereocenters. The second-order valence-corrected chi connectivity index (χ2v) is 7.66. The number of fused-ring (bicyclic) bond motifs is 1. The van der Waals surface area contributed by atoms with Crippen LogP contribution in [0.1, 0.15) is 0 Å². The molecule has 3 N–H and O–H groups in total. The van der Waals surface area contributed by atoms with Crippen LogP contribution in [0.25, 0.3) is 10.8 Å². The number of amides is 2. The third-order valence-corrected chi connectivity index (χ3v) is 5.71. The summed E-state index contributed by atoms with van der Waals surface area (Å²) < 4.78 is 0. The number of para-hydroxylation sites is 1. The first-order valence-corrected chi connectivity index (χ1v) is 10.0. The molecule has 132 valence electrons. The zero-order valence-corrected chi connectivity index (χ0v) is 15.6. The molecule has 0 heterocycles. The number of rotatable bonds is 7. The summed E-state index contributed by atoms with van der Waals surface area (Å²) in [4.78, 5) is 25.2. The Labute approximate surface area is 160 Å². The number of carbonyl (C=O) groups is 2. The third kappa shape index (κ3) is 5.03. The summed E-state index contributed by atoms with van der Waals surface area (Å²) in [6, 6.07) is 21.7. The van der Waals surface area contributed by atoms with Gasteiger partial charge in [-0.1, -0.05) is 42.5 Å². The van der Waals surface area contributed by atoms with Gasteiger partial charge in [0.2, 0.25) is 11.8 Å². The first kappa shape index (κ1) is 18.4. The molecule has 26 heavy (non-hydrogen) atoms. The summed E-state index contributed by atoms with van der Waals surface area (Å²) in [5.41, 5.74) is 5.89. The minimum absolute atomic E-state index is 0.0877. The zero-order chi connectivity index (χ0) is 18.4. The average Bonchev–Trinajstić information content (AvgIpc) is 2.65. The van der Waals surface area contributed by atoms with Crippen LogP contribution in [-0.4, -0.2) is 23.3 Å². The van der Waals surface area contributed by atoms with Crippen molar-refractivity contribution in [1.82, 2.24) is 0 Å². The second-order valence-electron chi connectivity index (χ2n) is 5.60. The van der Waals surface area contributed by atoms with Crippen molar-refractivity contribution >= 4 is 51.8 Å². The Morgan fingerprint density at radius 2 is 1.58 bits per heavy atom. The number of thioether (sulfide) groups is 2. The Hall–Kier alpha value is -2.44. The fourth-order valence-corrected chi connectivity index (χ4v) is 3.93. The molecule has 0 aromatic heterocycles. The van der Waals surface area contributed by atoms with E-state index in [1.165, 1.54) is 28.9 Å². The first-order chi connectivity index (χ1) is 12.6. The standard InChI is InChI=1S/C20H18N2O2S2/c21-19(23)12-26-18-8-4-3-7-17(18)22-20(24)13-25-16-10-9-14-5-1-2-6-15(14)11-16/h1-11H,12-13H2,(H2,21,23)(H,22,24). The molecule has 0 aliphatic carbocycles. The lowest BCUT2D eigenvalue weighted by molar-refractivity contribution is -0.115. The molecule has 0 bridgehead atoms. The van der Waals surface area contributed by atoms with Crippen molar-refractivity contribution in [2.45, 2.75) is 9.79 Å². The Balaban J connectivity index is 1.61. The lowest BCUT2D eigenvalue weighted by Gasteiger charge is -2.10. The number of benzene rings is 3. The molecule has 0 fully saturated rings. The van der Waals surface area contributed by atoms with Gasteiger partial charge in [-0.05, 0) is 35.0 Å². The fraction of sp³-hybridized carbons (Fsp3) is 0.100. The molecule has 3 aromatic rings. The summed E-state index contributed by atoms with van der Waals surface area (Å²) >= 11 is 2.81. The minimum Gasteiger partial charge on any atom is -0.369 e. The maximum atomic E-state index is 12.3. The van der Waals surface area contributed by atoms with Crippen molar-refractivity contribution in [1.29, 1.82) is 0 Å². The van der Waals surface area contributed by atoms with Crippen molar-refractivity contribution in [3.8, 4) is 0 Å². The van der Waals surface area contributed by atoms with E-state index in [-0.39, 0.29) is 17.6 Å². The highest BCUT2D eigenvalue weighted by atomic mass is 32.2. The molecule has 3 rings (SSSR count). The third-order valence-electron chi connectivity index (χ3n) is 3.62. The number of nitrogens with two attached hydrogens (primary N) is 1. The fourth-order valence-electron chi connectivity index (χ4n) is 2.44. The lowest BCUT2D eigenvalue weighted by atomic mass is 10.1. The molecule has 0 aliphatic heterocycles. The molecule has 0 spiro atoms.